The molecule has 21 heavy (non-hydrogen) atoms. The van der Waals surface area contributed by atoms with Gasteiger partial charge in [0.15, 0.2) is 5.69 Å². The van der Waals surface area contributed by atoms with E-state index in [4.69, 9.17) is 5.73 Å². The van der Waals surface area contributed by atoms with Gasteiger partial charge in [-0.2, -0.15) is 16.9 Å². The zero-order valence-corrected chi connectivity index (χ0v) is 12.5. The fourth-order valence-corrected chi connectivity index (χ4v) is 3.48. The molecule has 0 aliphatic carbocycles. The summed E-state index contributed by atoms with van der Waals surface area (Å²) in [6.45, 7) is 0. The van der Waals surface area contributed by atoms with Gasteiger partial charge in [-0.1, -0.05) is 12.1 Å². The standard InChI is InChI=1S/C15H18N4OS/c16-12-3-1-2-4-14(12)19-8-5-13(18-19)15(20)17-11-6-9-21-10-7-11/h1-5,8,11H,6-7,9-10,16H2,(H,17,20). The number of nitrogen functional groups attached to an aromatic ring is 1. The highest BCUT2D eigenvalue weighted by molar-refractivity contribution is 7.99. The van der Waals surface area contributed by atoms with Crippen LogP contribution in [0, 0.1) is 0 Å². The molecular weight excluding hydrogens is 284 g/mol. The molecule has 1 aliphatic rings. The lowest BCUT2D eigenvalue weighted by Crippen LogP contribution is -2.37. The maximum Gasteiger partial charge on any atom is 0.272 e. The van der Waals surface area contributed by atoms with Crippen molar-refractivity contribution < 1.29 is 4.79 Å². The van der Waals surface area contributed by atoms with Crippen molar-refractivity contribution in [1.82, 2.24) is 15.1 Å². The van der Waals surface area contributed by atoms with Crippen molar-refractivity contribution >= 4 is 23.4 Å². The molecule has 1 saturated heterocycles. The summed E-state index contributed by atoms with van der Waals surface area (Å²) >= 11 is 1.94. The number of nitrogens with zero attached hydrogens (tertiary/aromatic N) is 2. The summed E-state index contributed by atoms with van der Waals surface area (Å²) in [5.41, 5.74) is 7.77. The number of para-hydroxylation sites is 2. The van der Waals surface area contributed by atoms with Gasteiger partial charge in [-0.15, -0.1) is 0 Å². The van der Waals surface area contributed by atoms with Crippen LogP contribution in [-0.2, 0) is 0 Å². The maximum atomic E-state index is 12.2. The van der Waals surface area contributed by atoms with Crippen LogP contribution in [0.15, 0.2) is 36.5 Å². The highest BCUT2D eigenvalue weighted by atomic mass is 32.2. The van der Waals surface area contributed by atoms with E-state index in [1.54, 1.807) is 16.9 Å². The van der Waals surface area contributed by atoms with E-state index in [1.807, 2.05) is 36.0 Å². The van der Waals surface area contributed by atoms with Crippen molar-refractivity contribution in [3.05, 3.63) is 42.2 Å². The van der Waals surface area contributed by atoms with Crippen LogP contribution < -0.4 is 11.1 Å². The molecule has 110 valence electrons. The highest BCUT2D eigenvalue weighted by Crippen LogP contribution is 2.18. The van der Waals surface area contributed by atoms with E-state index in [9.17, 15) is 4.79 Å². The molecule has 0 bridgehead atoms. The Balaban J connectivity index is 1.72. The number of nitrogens with one attached hydrogen (secondary N) is 1. The summed E-state index contributed by atoms with van der Waals surface area (Å²) in [6.07, 6.45) is 3.82. The molecule has 3 N–H and O–H groups in total. The van der Waals surface area contributed by atoms with Crippen LogP contribution in [0.4, 0.5) is 5.69 Å². The number of thioether (sulfide) groups is 1. The Kier molecular flexibility index (Phi) is 4.15. The van der Waals surface area contributed by atoms with Gasteiger partial charge in [0, 0.05) is 12.2 Å². The number of aromatic nitrogens is 2. The lowest BCUT2D eigenvalue weighted by molar-refractivity contribution is 0.0929. The zero-order chi connectivity index (χ0) is 14.7. The summed E-state index contributed by atoms with van der Waals surface area (Å²) in [6, 6.07) is 9.45. The summed E-state index contributed by atoms with van der Waals surface area (Å²) in [4.78, 5) is 12.2. The van der Waals surface area contributed by atoms with Crippen LogP contribution in [0.5, 0.6) is 0 Å². The van der Waals surface area contributed by atoms with E-state index in [1.165, 1.54) is 0 Å². The molecule has 2 heterocycles. The number of nitrogens with two attached hydrogens (primary N) is 1. The molecule has 0 unspecified atom stereocenters. The minimum atomic E-state index is -0.111. The molecular formula is C15H18N4OS. The Morgan fingerprint density at radius 2 is 2.05 bits per heavy atom. The molecule has 0 saturated carbocycles. The third-order valence-corrected chi connectivity index (χ3v) is 4.61. The molecule has 1 amide bonds. The zero-order valence-electron chi connectivity index (χ0n) is 11.7. The largest absolute Gasteiger partial charge is 0.397 e. The van der Waals surface area contributed by atoms with Crippen LogP contribution in [0.2, 0.25) is 0 Å². The number of anilines is 1. The molecule has 0 atom stereocenters. The van der Waals surface area contributed by atoms with E-state index in [0.717, 1.165) is 30.0 Å². The Morgan fingerprint density at radius 3 is 2.81 bits per heavy atom. The van der Waals surface area contributed by atoms with Gasteiger partial charge < -0.3 is 11.1 Å². The number of benzene rings is 1. The van der Waals surface area contributed by atoms with Gasteiger partial charge in [0.25, 0.3) is 5.91 Å². The number of carbonyl (C=O) groups excluding carboxylic acids is 1. The monoisotopic (exact) mass is 302 g/mol. The predicted octanol–water partition coefficient (Wildman–Crippen LogP) is 2.08. The molecule has 1 fully saturated rings. The second kappa shape index (κ2) is 6.22. The smallest absolute Gasteiger partial charge is 0.272 e. The Morgan fingerprint density at radius 1 is 1.29 bits per heavy atom. The first kappa shape index (κ1) is 14.0. The fourth-order valence-electron chi connectivity index (χ4n) is 2.38. The molecule has 3 rings (SSSR count). The topological polar surface area (TPSA) is 72.9 Å². The Bertz CT molecular complexity index is 634. The predicted molar refractivity (Wildman–Crippen MR) is 85.8 cm³/mol. The molecule has 2 aromatic rings. The van der Waals surface area contributed by atoms with Crippen LogP contribution in [-0.4, -0.2) is 33.2 Å². The summed E-state index contributed by atoms with van der Waals surface area (Å²) in [5, 5.41) is 7.38. The van der Waals surface area contributed by atoms with Gasteiger partial charge in [0.05, 0.1) is 11.4 Å². The average molecular weight is 302 g/mol. The molecule has 1 aliphatic heterocycles. The van der Waals surface area contributed by atoms with Gasteiger partial charge in [0.2, 0.25) is 0 Å². The second-order valence-electron chi connectivity index (χ2n) is 5.06. The summed E-state index contributed by atoms with van der Waals surface area (Å²) in [7, 11) is 0. The summed E-state index contributed by atoms with van der Waals surface area (Å²) in [5.74, 6) is 2.11. The maximum absolute atomic E-state index is 12.2. The van der Waals surface area contributed by atoms with Gasteiger partial charge in [0.1, 0.15) is 0 Å². The SMILES string of the molecule is Nc1ccccc1-n1ccc(C(=O)NC2CCSCC2)n1. The van der Waals surface area contributed by atoms with Gasteiger partial charge in [-0.25, -0.2) is 4.68 Å². The van der Waals surface area contributed by atoms with Gasteiger partial charge >= 0.3 is 0 Å². The van der Waals surface area contributed by atoms with Crippen molar-refractivity contribution in [3.8, 4) is 5.69 Å². The third-order valence-electron chi connectivity index (χ3n) is 3.56. The number of rotatable bonds is 3. The first-order valence-electron chi connectivity index (χ1n) is 7.03. The minimum Gasteiger partial charge on any atom is -0.397 e. The number of hydrogen-bond donors (Lipinski definition) is 2. The average Bonchev–Trinajstić information content (AvgIpc) is 2.98. The van der Waals surface area contributed by atoms with E-state index >= 15 is 0 Å². The normalized spacial score (nSPS) is 15.8. The molecule has 5 nitrogen and oxygen atoms in total. The van der Waals surface area contributed by atoms with E-state index in [-0.39, 0.29) is 11.9 Å². The number of hydrogen-bond acceptors (Lipinski definition) is 4. The third kappa shape index (κ3) is 3.21. The molecule has 1 aromatic carbocycles. The Labute approximate surface area is 127 Å². The first-order chi connectivity index (χ1) is 10.2. The highest BCUT2D eigenvalue weighted by Gasteiger charge is 2.18. The van der Waals surface area contributed by atoms with Crippen molar-refractivity contribution in [2.24, 2.45) is 0 Å². The summed E-state index contributed by atoms with van der Waals surface area (Å²) < 4.78 is 1.64. The number of carbonyl (C=O) groups is 1. The quantitative estimate of drug-likeness (QED) is 0.851. The fraction of sp³-hybridized carbons (Fsp3) is 0.333. The van der Waals surface area contributed by atoms with Crippen molar-refractivity contribution in [2.75, 3.05) is 17.2 Å². The molecule has 1 aromatic heterocycles. The van der Waals surface area contributed by atoms with Crippen LogP contribution in [0.1, 0.15) is 23.3 Å². The first-order valence-corrected chi connectivity index (χ1v) is 8.18. The van der Waals surface area contributed by atoms with Crippen molar-refractivity contribution in [3.63, 3.8) is 0 Å². The van der Waals surface area contributed by atoms with Crippen LogP contribution in [0.25, 0.3) is 5.69 Å². The van der Waals surface area contributed by atoms with Gasteiger partial charge in [-0.05, 0) is 42.5 Å². The molecule has 0 spiro atoms. The van der Waals surface area contributed by atoms with E-state index < -0.39 is 0 Å². The van der Waals surface area contributed by atoms with E-state index in [0.29, 0.717) is 11.4 Å². The molecule has 6 heteroatoms. The minimum absolute atomic E-state index is 0.111. The number of amides is 1. The van der Waals surface area contributed by atoms with Crippen LogP contribution in [0.3, 0.4) is 0 Å². The lowest BCUT2D eigenvalue weighted by Gasteiger charge is -2.21. The van der Waals surface area contributed by atoms with Crippen molar-refractivity contribution in [2.45, 2.75) is 18.9 Å². The van der Waals surface area contributed by atoms with Crippen molar-refractivity contribution in [1.29, 1.82) is 0 Å². The van der Waals surface area contributed by atoms with E-state index in [2.05, 4.69) is 10.4 Å². The molecule has 0 radical (unpaired) electrons. The van der Waals surface area contributed by atoms with Crippen LogP contribution >= 0.6 is 11.8 Å². The lowest BCUT2D eigenvalue weighted by atomic mass is 10.1. The second-order valence-corrected chi connectivity index (χ2v) is 6.29. The Hall–Kier alpha value is -1.95. The van der Waals surface area contributed by atoms with Gasteiger partial charge in [-0.3, -0.25) is 4.79 Å².